The van der Waals surface area contributed by atoms with Crippen LogP contribution < -0.4 is 10.6 Å². The minimum Gasteiger partial charge on any atom is -0.356 e. The second-order valence-electron chi connectivity index (χ2n) is 4.49. The maximum Gasteiger partial charge on any atom is 0.224 e. The third-order valence-corrected chi connectivity index (χ3v) is 2.57. The second-order valence-corrected chi connectivity index (χ2v) is 4.49. The zero-order valence-electron chi connectivity index (χ0n) is 10.6. The molecule has 0 aliphatic carbocycles. The third kappa shape index (κ3) is 7.37. The summed E-state index contributed by atoms with van der Waals surface area (Å²) in [5.41, 5.74) is 0. The molecule has 0 aliphatic rings. The molecule has 90 valence electrons. The van der Waals surface area contributed by atoms with E-state index >= 15 is 0 Å². The van der Waals surface area contributed by atoms with Gasteiger partial charge < -0.3 is 10.6 Å². The molecule has 0 aromatic heterocycles. The van der Waals surface area contributed by atoms with Gasteiger partial charge in [0.15, 0.2) is 0 Å². The standard InChI is InChI=1S/C12H26N2O/c1-5-11(9-13-4)12(15)14-8-6-7-10(2)3/h10-11,13H,5-9H2,1-4H3,(H,14,15). The molecule has 15 heavy (non-hydrogen) atoms. The molecule has 1 atom stereocenters. The first kappa shape index (κ1) is 14.4. The SMILES string of the molecule is CCC(CNC)C(=O)NCCCC(C)C. The Labute approximate surface area is 94.0 Å². The van der Waals surface area contributed by atoms with E-state index in [4.69, 9.17) is 0 Å². The van der Waals surface area contributed by atoms with E-state index in [1.165, 1.54) is 6.42 Å². The van der Waals surface area contributed by atoms with Crippen molar-refractivity contribution in [1.29, 1.82) is 0 Å². The molecule has 2 N–H and O–H groups in total. The van der Waals surface area contributed by atoms with Crippen molar-refractivity contribution in [2.24, 2.45) is 11.8 Å². The molecule has 0 saturated heterocycles. The van der Waals surface area contributed by atoms with E-state index in [9.17, 15) is 4.79 Å². The van der Waals surface area contributed by atoms with Gasteiger partial charge in [-0.2, -0.15) is 0 Å². The number of rotatable bonds is 8. The minimum atomic E-state index is 0.119. The molecule has 0 radical (unpaired) electrons. The Hall–Kier alpha value is -0.570. The molecule has 0 aromatic carbocycles. The fourth-order valence-electron chi connectivity index (χ4n) is 1.54. The Morgan fingerprint density at radius 3 is 2.47 bits per heavy atom. The van der Waals surface area contributed by atoms with Gasteiger partial charge in [-0.05, 0) is 32.2 Å². The van der Waals surface area contributed by atoms with E-state index in [2.05, 4.69) is 31.4 Å². The molecule has 0 saturated carbocycles. The van der Waals surface area contributed by atoms with E-state index in [1.807, 2.05) is 7.05 Å². The Balaban J connectivity index is 3.62. The quantitative estimate of drug-likeness (QED) is 0.605. The summed E-state index contributed by atoms with van der Waals surface area (Å²) in [7, 11) is 1.88. The highest BCUT2D eigenvalue weighted by molar-refractivity contribution is 5.78. The van der Waals surface area contributed by atoms with Crippen molar-refractivity contribution in [1.82, 2.24) is 10.6 Å². The highest BCUT2D eigenvalue weighted by Gasteiger charge is 2.14. The minimum absolute atomic E-state index is 0.119. The van der Waals surface area contributed by atoms with Crippen molar-refractivity contribution in [2.45, 2.75) is 40.0 Å². The van der Waals surface area contributed by atoms with Gasteiger partial charge in [-0.15, -0.1) is 0 Å². The molecule has 3 heteroatoms. The monoisotopic (exact) mass is 214 g/mol. The van der Waals surface area contributed by atoms with E-state index in [0.717, 1.165) is 31.8 Å². The topological polar surface area (TPSA) is 41.1 Å². The molecule has 0 spiro atoms. The van der Waals surface area contributed by atoms with Crippen LogP contribution in [0, 0.1) is 11.8 Å². The van der Waals surface area contributed by atoms with E-state index in [0.29, 0.717) is 0 Å². The third-order valence-electron chi connectivity index (χ3n) is 2.57. The highest BCUT2D eigenvalue weighted by atomic mass is 16.1. The second kappa shape index (κ2) is 8.72. The van der Waals surface area contributed by atoms with Gasteiger partial charge in [0.05, 0.1) is 5.92 Å². The number of amides is 1. The summed E-state index contributed by atoms with van der Waals surface area (Å²) < 4.78 is 0. The van der Waals surface area contributed by atoms with E-state index < -0.39 is 0 Å². The van der Waals surface area contributed by atoms with Crippen molar-refractivity contribution in [3.8, 4) is 0 Å². The lowest BCUT2D eigenvalue weighted by Gasteiger charge is -2.14. The molecule has 0 rings (SSSR count). The van der Waals surface area contributed by atoms with E-state index in [1.54, 1.807) is 0 Å². The lowest BCUT2D eigenvalue weighted by molar-refractivity contribution is -0.124. The zero-order valence-corrected chi connectivity index (χ0v) is 10.6. The van der Waals surface area contributed by atoms with Crippen LogP contribution in [0.2, 0.25) is 0 Å². The molecule has 3 nitrogen and oxygen atoms in total. The van der Waals surface area contributed by atoms with E-state index in [-0.39, 0.29) is 11.8 Å². The van der Waals surface area contributed by atoms with Gasteiger partial charge >= 0.3 is 0 Å². The van der Waals surface area contributed by atoms with Gasteiger partial charge in [-0.3, -0.25) is 4.79 Å². The van der Waals surface area contributed by atoms with Crippen LogP contribution in [0.3, 0.4) is 0 Å². The molecule has 0 heterocycles. The number of carbonyl (C=O) groups is 1. The van der Waals surface area contributed by atoms with Gasteiger partial charge in [-0.25, -0.2) is 0 Å². The van der Waals surface area contributed by atoms with Crippen LogP contribution in [0.4, 0.5) is 0 Å². The van der Waals surface area contributed by atoms with Crippen LogP contribution in [0.5, 0.6) is 0 Å². The van der Waals surface area contributed by atoms with Crippen molar-refractivity contribution in [3.63, 3.8) is 0 Å². The average molecular weight is 214 g/mol. The first-order valence-corrected chi connectivity index (χ1v) is 6.04. The molecule has 1 unspecified atom stereocenters. The normalized spacial score (nSPS) is 12.9. The first-order chi connectivity index (χ1) is 7.11. The van der Waals surface area contributed by atoms with Gasteiger partial charge in [0.1, 0.15) is 0 Å². The Morgan fingerprint density at radius 1 is 1.33 bits per heavy atom. The van der Waals surface area contributed by atoms with Crippen LogP contribution >= 0.6 is 0 Å². The smallest absolute Gasteiger partial charge is 0.224 e. The lowest BCUT2D eigenvalue weighted by Crippen LogP contribution is -2.36. The largest absolute Gasteiger partial charge is 0.356 e. The summed E-state index contributed by atoms with van der Waals surface area (Å²) in [6, 6.07) is 0. The lowest BCUT2D eigenvalue weighted by atomic mass is 10.1. The molecule has 0 bridgehead atoms. The molecular formula is C12H26N2O. The van der Waals surface area contributed by atoms with Crippen molar-refractivity contribution in [3.05, 3.63) is 0 Å². The molecule has 0 aromatic rings. The van der Waals surface area contributed by atoms with Crippen LogP contribution in [0.15, 0.2) is 0 Å². The summed E-state index contributed by atoms with van der Waals surface area (Å²) in [4.78, 5) is 11.7. The first-order valence-electron chi connectivity index (χ1n) is 6.04. The summed E-state index contributed by atoms with van der Waals surface area (Å²) in [6.07, 6.45) is 3.17. The van der Waals surface area contributed by atoms with Gasteiger partial charge in [0.2, 0.25) is 5.91 Å². The molecule has 0 fully saturated rings. The fraction of sp³-hybridized carbons (Fsp3) is 0.917. The predicted octanol–water partition coefficient (Wildman–Crippen LogP) is 1.78. The number of nitrogens with one attached hydrogen (secondary N) is 2. The molecule has 0 aliphatic heterocycles. The summed E-state index contributed by atoms with van der Waals surface area (Å²) in [6.45, 7) is 8.05. The number of hydrogen-bond acceptors (Lipinski definition) is 2. The summed E-state index contributed by atoms with van der Waals surface area (Å²) in [5.74, 6) is 1.03. The maximum absolute atomic E-state index is 11.7. The summed E-state index contributed by atoms with van der Waals surface area (Å²) in [5, 5.41) is 6.04. The number of carbonyl (C=O) groups excluding carboxylic acids is 1. The fourth-order valence-corrected chi connectivity index (χ4v) is 1.54. The van der Waals surface area contributed by atoms with Crippen molar-refractivity contribution in [2.75, 3.05) is 20.1 Å². The average Bonchev–Trinajstić information content (AvgIpc) is 2.20. The Kier molecular flexibility index (Phi) is 8.38. The summed E-state index contributed by atoms with van der Waals surface area (Å²) >= 11 is 0. The maximum atomic E-state index is 11.7. The van der Waals surface area contributed by atoms with Crippen LogP contribution in [-0.4, -0.2) is 26.0 Å². The number of hydrogen-bond donors (Lipinski definition) is 2. The van der Waals surface area contributed by atoms with Crippen molar-refractivity contribution < 1.29 is 4.79 Å². The van der Waals surface area contributed by atoms with Crippen LogP contribution in [0.1, 0.15) is 40.0 Å². The highest BCUT2D eigenvalue weighted by Crippen LogP contribution is 2.03. The van der Waals surface area contributed by atoms with Crippen molar-refractivity contribution >= 4 is 5.91 Å². The van der Waals surface area contributed by atoms with Gasteiger partial charge in [-0.1, -0.05) is 20.8 Å². The molecule has 1 amide bonds. The predicted molar refractivity (Wildman–Crippen MR) is 64.8 cm³/mol. The van der Waals surface area contributed by atoms with Gasteiger partial charge in [0, 0.05) is 13.1 Å². The molecular weight excluding hydrogens is 188 g/mol. The van der Waals surface area contributed by atoms with Crippen LogP contribution in [-0.2, 0) is 4.79 Å². The Morgan fingerprint density at radius 2 is 2.00 bits per heavy atom. The Bertz CT molecular complexity index is 169. The zero-order chi connectivity index (χ0) is 11.7. The van der Waals surface area contributed by atoms with Gasteiger partial charge in [0.25, 0.3) is 0 Å². The van der Waals surface area contributed by atoms with Crippen LogP contribution in [0.25, 0.3) is 0 Å².